The van der Waals surface area contributed by atoms with Crippen LogP contribution in [0.3, 0.4) is 0 Å². The third-order valence-corrected chi connectivity index (χ3v) is 1.16. The quantitative estimate of drug-likeness (QED) is 0.436. The summed E-state index contributed by atoms with van der Waals surface area (Å²) < 4.78 is 16.5. The summed E-state index contributed by atoms with van der Waals surface area (Å²) in [5.41, 5.74) is 0. The Labute approximate surface area is 157 Å². The van der Waals surface area contributed by atoms with E-state index in [2.05, 4.69) is 9.05 Å². The molecule has 0 fully saturated rings. The molecule has 0 saturated heterocycles. The molecular formula is C2H5K2O8P. The van der Waals surface area contributed by atoms with Crippen LogP contribution in [0.2, 0.25) is 0 Å². The maximum atomic E-state index is 10.2. The van der Waals surface area contributed by atoms with Gasteiger partial charge in [-0.2, -0.15) is 0 Å². The van der Waals surface area contributed by atoms with Gasteiger partial charge in [0, 0.05) is 0 Å². The molecule has 0 rings (SSSR count). The summed E-state index contributed by atoms with van der Waals surface area (Å²) in [5.74, 6) is 0. The van der Waals surface area contributed by atoms with Gasteiger partial charge in [-0.25, -0.2) is 14.2 Å². The van der Waals surface area contributed by atoms with Crippen LogP contribution in [0.25, 0.3) is 0 Å². The summed E-state index contributed by atoms with van der Waals surface area (Å²) in [6.07, 6.45) is -4.20. The SMILES string of the molecule is O=C(O)OP(=O)(O)OC(=O)O.[KH].[KH]. The maximum absolute atomic E-state index is 10.2. The molecule has 0 amide bonds. The molecule has 0 saturated carbocycles. The van der Waals surface area contributed by atoms with Gasteiger partial charge in [-0.1, -0.05) is 0 Å². The van der Waals surface area contributed by atoms with Crippen molar-refractivity contribution in [3.63, 3.8) is 0 Å². The van der Waals surface area contributed by atoms with Crippen molar-refractivity contribution >= 4 is 123 Å². The van der Waals surface area contributed by atoms with E-state index in [1.165, 1.54) is 0 Å². The third kappa shape index (κ3) is 14.0. The number of hydrogen-bond donors (Lipinski definition) is 3. The zero-order chi connectivity index (χ0) is 9.07. The van der Waals surface area contributed by atoms with E-state index >= 15 is 0 Å². The van der Waals surface area contributed by atoms with Gasteiger partial charge in [0.2, 0.25) is 0 Å². The molecule has 0 aliphatic carbocycles. The molecule has 13 heavy (non-hydrogen) atoms. The molecule has 0 bridgehead atoms. The van der Waals surface area contributed by atoms with Crippen LogP contribution in [0.4, 0.5) is 9.59 Å². The Bertz CT molecular complexity index is 206. The van der Waals surface area contributed by atoms with Gasteiger partial charge in [-0.15, -0.1) is 0 Å². The molecule has 0 unspecified atom stereocenters. The molecule has 0 aromatic rings. The summed E-state index contributed by atoms with van der Waals surface area (Å²) in [7, 11) is -5.00. The van der Waals surface area contributed by atoms with Crippen LogP contribution < -0.4 is 0 Å². The summed E-state index contributed by atoms with van der Waals surface area (Å²) in [4.78, 5) is 27.3. The van der Waals surface area contributed by atoms with E-state index in [1.54, 1.807) is 0 Å². The van der Waals surface area contributed by atoms with Crippen molar-refractivity contribution in [2.24, 2.45) is 0 Å². The van der Waals surface area contributed by atoms with Gasteiger partial charge in [0.05, 0.1) is 0 Å². The standard InChI is InChI=1S/C2H3O8P.2K.2H/c3-1(4)9-11(7,8)10-2(5)6;;;;/h(H,3,4)(H,5,6)(H,7,8);;;;. The monoisotopic (exact) mass is 266 g/mol. The van der Waals surface area contributed by atoms with E-state index in [0.717, 1.165) is 0 Å². The first-order chi connectivity index (χ1) is 4.83. The van der Waals surface area contributed by atoms with E-state index < -0.39 is 20.1 Å². The van der Waals surface area contributed by atoms with Gasteiger partial charge >= 0.3 is 123 Å². The molecule has 8 nitrogen and oxygen atoms in total. The van der Waals surface area contributed by atoms with Crippen LogP contribution in [0.5, 0.6) is 0 Å². The van der Waals surface area contributed by atoms with Gasteiger partial charge in [0.15, 0.2) is 0 Å². The van der Waals surface area contributed by atoms with Crippen molar-refractivity contribution < 1.29 is 38.3 Å². The Morgan fingerprint density at radius 3 is 1.38 bits per heavy atom. The summed E-state index contributed by atoms with van der Waals surface area (Å²) in [6, 6.07) is 0. The molecule has 0 heterocycles. The molecule has 0 aliphatic heterocycles. The molecule has 3 N–H and O–H groups in total. The van der Waals surface area contributed by atoms with Crippen molar-refractivity contribution in [2.75, 3.05) is 0 Å². The fraction of sp³-hybridized carbons (Fsp3) is 0. The predicted octanol–water partition coefficient (Wildman–Crippen LogP) is -0.821. The van der Waals surface area contributed by atoms with Gasteiger partial charge in [0.25, 0.3) is 0 Å². The van der Waals surface area contributed by atoms with E-state index in [4.69, 9.17) is 15.1 Å². The number of carbonyl (C=O) groups is 2. The number of phosphoric ester groups is 1. The van der Waals surface area contributed by atoms with Crippen molar-refractivity contribution in [1.29, 1.82) is 0 Å². The van der Waals surface area contributed by atoms with Crippen molar-refractivity contribution in [2.45, 2.75) is 0 Å². The second-order valence-electron chi connectivity index (χ2n) is 1.18. The van der Waals surface area contributed by atoms with E-state index in [9.17, 15) is 14.2 Å². The summed E-state index contributed by atoms with van der Waals surface area (Å²) in [6.45, 7) is 0. The number of carboxylic acid groups (broad SMARTS) is 2. The molecular weight excluding hydrogens is 261 g/mol. The molecule has 0 aromatic carbocycles. The van der Waals surface area contributed by atoms with Crippen molar-refractivity contribution in [3.8, 4) is 0 Å². The number of hydrogen-bond acceptors (Lipinski definition) is 5. The van der Waals surface area contributed by atoms with Crippen molar-refractivity contribution in [3.05, 3.63) is 0 Å². The van der Waals surface area contributed by atoms with Crippen LogP contribution in [0.15, 0.2) is 0 Å². The van der Waals surface area contributed by atoms with Gasteiger partial charge in [0.1, 0.15) is 0 Å². The summed E-state index contributed by atoms with van der Waals surface area (Å²) in [5, 5.41) is 15.5. The fourth-order valence-electron chi connectivity index (χ4n) is 0.216. The normalized spacial score (nSPS) is 8.69. The zero-order valence-electron chi connectivity index (χ0n) is 4.83. The van der Waals surface area contributed by atoms with Gasteiger partial charge in [-0.05, 0) is 0 Å². The van der Waals surface area contributed by atoms with E-state index in [1.807, 2.05) is 0 Å². The third-order valence-electron chi connectivity index (χ3n) is 0.387. The first kappa shape index (κ1) is 20.4. The van der Waals surface area contributed by atoms with Crippen LogP contribution >= 0.6 is 7.82 Å². The van der Waals surface area contributed by atoms with Crippen molar-refractivity contribution in [1.82, 2.24) is 0 Å². The van der Waals surface area contributed by atoms with Gasteiger partial charge < -0.3 is 19.3 Å². The Hall–Kier alpha value is 2.00. The Balaban J connectivity index is -0.000000500. The average Bonchev–Trinajstić information content (AvgIpc) is 1.53. The first-order valence-corrected chi connectivity index (χ1v) is 3.51. The Kier molecular flexibility index (Phi) is 14.5. The molecule has 0 aromatic heterocycles. The zero-order valence-corrected chi connectivity index (χ0v) is 5.72. The molecule has 0 atom stereocenters. The topological polar surface area (TPSA) is 130 Å². The second kappa shape index (κ2) is 9.24. The fourth-order valence-corrected chi connectivity index (χ4v) is 0.648. The second-order valence-corrected chi connectivity index (χ2v) is 2.49. The summed E-state index contributed by atoms with van der Waals surface area (Å²) >= 11 is 0. The molecule has 0 spiro atoms. The van der Waals surface area contributed by atoms with E-state index in [-0.39, 0.29) is 103 Å². The predicted molar refractivity (Wildman–Crippen MR) is 42.3 cm³/mol. The van der Waals surface area contributed by atoms with Crippen LogP contribution in [0.1, 0.15) is 0 Å². The molecule has 0 aliphatic rings. The van der Waals surface area contributed by atoms with Gasteiger partial charge in [-0.3, -0.25) is 4.89 Å². The first-order valence-electron chi connectivity index (χ1n) is 2.01. The van der Waals surface area contributed by atoms with E-state index in [0.29, 0.717) is 0 Å². The minimum absolute atomic E-state index is 0. The molecule has 11 heteroatoms. The molecule has 0 radical (unpaired) electrons. The number of rotatable bonds is 2. The average molecular weight is 266 g/mol. The Morgan fingerprint density at radius 2 is 1.23 bits per heavy atom. The minimum atomic E-state index is -5.00. The van der Waals surface area contributed by atoms with Crippen LogP contribution in [-0.2, 0) is 13.6 Å². The molecule has 68 valence electrons. The van der Waals surface area contributed by atoms with Crippen LogP contribution in [-0.4, -0.2) is 130 Å². The van der Waals surface area contributed by atoms with Crippen LogP contribution in [0, 0.1) is 0 Å². The number of phosphoric acid groups is 1. The Morgan fingerprint density at radius 1 is 1.00 bits per heavy atom.